The second kappa shape index (κ2) is 6.93. The molecule has 0 aromatic heterocycles. The Kier molecular flexibility index (Phi) is 4.65. The van der Waals surface area contributed by atoms with Gasteiger partial charge in [0.25, 0.3) is 0 Å². The first-order chi connectivity index (χ1) is 12.1. The Morgan fingerprint density at radius 1 is 0.960 bits per heavy atom. The van der Waals surface area contributed by atoms with Crippen molar-refractivity contribution in [2.24, 2.45) is 17.8 Å². The lowest BCUT2D eigenvalue weighted by Crippen LogP contribution is -2.62. The summed E-state index contributed by atoms with van der Waals surface area (Å²) in [7, 11) is 0. The maximum absolute atomic E-state index is 12.6. The Hall–Kier alpha value is -1.65. The van der Waals surface area contributed by atoms with Gasteiger partial charge < -0.3 is 4.90 Å². The third kappa shape index (κ3) is 3.13. The summed E-state index contributed by atoms with van der Waals surface area (Å²) in [6, 6.07) is -0.0933. The third-order valence-electron chi connectivity index (χ3n) is 6.61. The second-order valence-electron chi connectivity index (χ2n) is 8.20. The number of imide groups is 1. The van der Waals surface area contributed by atoms with Crippen molar-refractivity contribution in [2.75, 3.05) is 13.1 Å². The van der Waals surface area contributed by atoms with E-state index in [0.717, 1.165) is 6.42 Å². The zero-order chi connectivity index (χ0) is 17.4. The van der Waals surface area contributed by atoms with E-state index in [1.54, 1.807) is 0 Å². The zero-order valence-electron chi connectivity index (χ0n) is 14.9. The predicted octanol–water partition coefficient (Wildman–Crippen LogP) is 2.51. The van der Waals surface area contributed by atoms with Crippen LogP contribution in [0, 0.1) is 17.8 Å². The number of rotatable bonds is 4. The molecule has 0 spiro atoms. The van der Waals surface area contributed by atoms with Crippen LogP contribution in [-0.4, -0.2) is 46.7 Å². The van der Waals surface area contributed by atoms with Gasteiger partial charge in [0.05, 0.1) is 17.9 Å². The van der Waals surface area contributed by atoms with Gasteiger partial charge in [-0.05, 0) is 25.2 Å². The maximum Gasteiger partial charge on any atom is 0.233 e. The van der Waals surface area contributed by atoms with E-state index in [4.69, 9.17) is 0 Å². The highest BCUT2D eigenvalue weighted by atomic mass is 16.2. The minimum Gasteiger partial charge on any atom is -0.338 e. The average Bonchev–Trinajstić information content (AvgIpc) is 2.85. The van der Waals surface area contributed by atoms with Crippen LogP contribution >= 0.6 is 0 Å². The standard InChI is InChI=1S/C20H28N2O3/c23-18(11-10-14-6-2-1-3-7-14)21-12-15(13-21)22-19(24)16-8-4-5-9-17(16)20(22)25/h4-5,14-17H,1-3,6-13H2. The van der Waals surface area contributed by atoms with E-state index < -0.39 is 0 Å². The van der Waals surface area contributed by atoms with Crippen LogP contribution in [0.5, 0.6) is 0 Å². The summed E-state index contributed by atoms with van der Waals surface area (Å²) in [6.45, 7) is 1.07. The van der Waals surface area contributed by atoms with Gasteiger partial charge in [-0.2, -0.15) is 0 Å². The van der Waals surface area contributed by atoms with Gasteiger partial charge in [-0.3, -0.25) is 19.3 Å². The SMILES string of the molecule is O=C(CCC1CCCCC1)N1CC(N2C(=O)C3CC=CCC3C2=O)C1. The van der Waals surface area contributed by atoms with Crippen molar-refractivity contribution < 1.29 is 14.4 Å². The molecule has 0 aromatic carbocycles. The van der Waals surface area contributed by atoms with Crippen molar-refractivity contribution in [1.82, 2.24) is 9.80 Å². The number of amides is 3. The molecule has 2 aliphatic heterocycles. The molecule has 136 valence electrons. The highest BCUT2D eigenvalue weighted by Gasteiger charge is 2.52. The van der Waals surface area contributed by atoms with Crippen LogP contribution in [-0.2, 0) is 14.4 Å². The Labute approximate surface area is 149 Å². The second-order valence-corrected chi connectivity index (χ2v) is 8.20. The molecular weight excluding hydrogens is 316 g/mol. The lowest BCUT2D eigenvalue weighted by atomic mass is 9.85. The molecule has 25 heavy (non-hydrogen) atoms. The first-order valence-electron chi connectivity index (χ1n) is 9.95. The van der Waals surface area contributed by atoms with Crippen LogP contribution < -0.4 is 0 Å². The van der Waals surface area contributed by atoms with Crippen LogP contribution in [0.1, 0.15) is 57.8 Å². The normalized spacial score (nSPS) is 30.6. The van der Waals surface area contributed by atoms with E-state index in [2.05, 4.69) is 0 Å². The van der Waals surface area contributed by atoms with Gasteiger partial charge >= 0.3 is 0 Å². The lowest BCUT2D eigenvalue weighted by Gasteiger charge is -2.43. The highest BCUT2D eigenvalue weighted by molar-refractivity contribution is 6.06. The Morgan fingerprint density at radius 2 is 1.56 bits per heavy atom. The topological polar surface area (TPSA) is 57.7 Å². The molecule has 0 bridgehead atoms. The summed E-state index contributed by atoms with van der Waals surface area (Å²) in [6.07, 6.45) is 13.5. The predicted molar refractivity (Wildman–Crippen MR) is 93.4 cm³/mol. The van der Waals surface area contributed by atoms with Gasteiger partial charge in [-0.25, -0.2) is 0 Å². The minimum atomic E-state index is -0.159. The van der Waals surface area contributed by atoms with E-state index in [1.165, 1.54) is 37.0 Å². The summed E-state index contributed by atoms with van der Waals surface area (Å²) >= 11 is 0. The number of hydrogen-bond donors (Lipinski definition) is 0. The smallest absolute Gasteiger partial charge is 0.233 e. The van der Waals surface area contributed by atoms with Gasteiger partial charge in [0.2, 0.25) is 17.7 Å². The van der Waals surface area contributed by atoms with Crippen molar-refractivity contribution in [1.29, 1.82) is 0 Å². The third-order valence-corrected chi connectivity index (χ3v) is 6.61. The quantitative estimate of drug-likeness (QED) is 0.582. The summed E-state index contributed by atoms with van der Waals surface area (Å²) in [5, 5.41) is 0. The maximum atomic E-state index is 12.6. The molecule has 5 nitrogen and oxygen atoms in total. The molecule has 5 heteroatoms. The molecule has 0 N–H and O–H groups in total. The van der Waals surface area contributed by atoms with E-state index in [0.29, 0.717) is 38.3 Å². The van der Waals surface area contributed by atoms with Crippen LogP contribution in [0.2, 0.25) is 0 Å². The molecule has 2 heterocycles. The van der Waals surface area contributed by atoms with Crippen LogP contribution in [0.25, 0.3) is 0 Å². The zero-order valence-corrected chi connectivity index (χ0v) is 14.9. The molecule has 4 rings (SSSR count). The highest BCUT2D eigenvalue weighted by Crippen LogP contribution is 2.37. The molecule has 2 saturated heterocycles. The van der Waals surface area contributed by atoms with Crippen molar-refractivity contribution in [3.63, 3.8) is 0 Å². The number of hydrogen-bond acceptors (Lipinski definition) is 3. The Morgan fingerprint density at radius 3 is 2.16 bits per heavy atom. The largest absolute Gasteiger partial charge is 0.338 e. The van der Waals surface area contributed by atoms with E-state index in [-0.39, 0.29) is 35.6 Å². The van der Waals surface area contributed by atoms with Crippen molar-refractivity contribution in [3.05, 3.63) is 12.2 Å². The number of allylic oxidation sites excluding steroid dienone is 2. The van der Waals surface area contributed by atoms with Gasteiger partial charge in [-0.1, -0.05) is 44.3 Å². The number of likely N-dealkylation sites (tertiary alicyclic amines) is 2. The molecular formula is C20H28N2O3. The van der Waals surface area contributed by atoms with Crippen LogP contribution in [0.15, 0.2) is 12.2 Å². The molecule has 1 saturated carbocycles. The number of nitrogens with zero attached hydrogens (tertiary/aromatic N) is 2. The lowest BCUT2D eigenvalue weighted by molar-refractivity contribution is -0.152. The first kappa shape index (κ1) is 16.8. The summed E-state index contributed by atoms with van der Waals surface area (Å²) in [5.74, 6) is 0.562. The Balaban J connectivity index is 1.26. The number of carbonyl (C=O) groups is 3. The fraction of sp³-hybridized carbons (Fsp3) is 0.750. The van der Waals surface area contributed by atoms with Gasteiger partial charge in [0, 0.05) is 19.5 Å². The van der Waals surface area contributed by atoms with Gasteiger partial charge in [0.1, 0.15) is 0 Å². The molecule has 0 aromatic rings. The molecule has 3 amide bonds. The number of fused-ring (bicyclic) bond motifs is 1. The van der Waals surface area contributed by atoms with E-state index in [9.17, 15) is 14.4 Å². The first-order valence-corrected chi connectivity index (χ1v) is 9.95. The van der Waals surface area contributed by atoms with Crippen molar-refractivity contribution >= 4 is 17.7 Å². The van der Waals surface area contributed by atoms with Crippen molar-refractivity contribution in [2.45, 2.75) is 63.8 Å². The number of carbonyl (C=O) groups excluding carboxylic acids is 3. The molecule has 0 radical (unpaired) electrons. The summed E-state index contributed by atoms with van der Waals surface area (Å²) in [5.41, 5.74) is 0. The minimum absolute atomic E-state index is 0.0151. The molecule has 2 atom stereocenters. The monoisotopic (exact) mass is 344 g/mol. The molecule has 4 aliphatic rings. The Bertz CT molecular complexity index is 562. The summed E-state index contributed by atoms with van der Waals surface area (Å²) in [4.78, 5) is 40.8. The molecule has 2 unspecified atom stereocenters. The fourth-order valence-corrected chi connectivity index (χ4v) is 4.97. The van der Waals surface area contributed by atoms with Crippen molar-refractivity contribution in [3.8, 4) is 0 Å². The van der Waals surface area contributed by atoms with E-state index in [1.807, 2.05) is 17.1 Å². The van der Waals surface area contributed by atoms with Crippen LogP contribution in [0.3, 0.4) is 0 Å². The summed E-state index contributed by atoms with van der Waals surface area (Å²) < 4.78 is 0. The van der Waals surface area contributed by atoms with Crippen LogP contribution in [0.4, 0.5) is 0 Å². The van der Waals surface area contributed by atoms with Gasteiger partial charge in [0.15, 0.2) is 0 Å². The van der Waals surface area contributed by atoms with Gasteiger partial charge in [-0.15, -0.1) is 0 Å². The average molecular weight is 344 g/mol. The fourth-order valence-electron chi connectivity index (χ4n) is 4.97. The molecule has 3 fully saturated rings. The molecule has 2 aliphatic carbocycles. The van der Waals surface area contributed by atoms with E-state index >= 15 is 0 Å².